The highest BCUT2D eigenvalue weighted by Gasteiger charge is 2.26. The number of rotatable bonds is 2. The molecule has 9 heteroatoms. The normalized spacial score (nSPS) is 14.8. The molecule has 96 valence electrons. The Morgan fingerprint density at radius 2 is 2.17 bits per heavy atom. The number of aromatic nitrogens is 2. The van der Waals surface area contributed by atoms with Gasteiger partial charge in [-0.1, -0.05) is 23.2 Å². The van der Waals surface area contributed by atoms with Crippen LogP contribution in [0, 0.1) is 0 Å². The minimum atomic E-state index is -0.669. The number of amides is 3. The first-order chi connectivity index (χ1) is 8.50. The number of imide groups is 1. The second-order valence-corrected chi connectivity index (χ2v) is 4.33. The summed E-state index contributed by atoms with van der Waals surface area (Å²) in [5, 5.41) is 5.98. The van der Waals surface area contributed by atoms with Gasteiger partial charge in [-0.2, -0.15) is 5.10 Å². The number of urea groups is 1. The first-order valence-electron chi connectivity index (χ1n) is 5.00. The average Bonchev–Trinajstić information content (AvgIpc) is 2.76. The van der Waals surface area contributed by atoms with Crippen molar-refractivity contribution >= 4 is 35.1 Å². The fourth-order valence-corrected chi connectivity index (χ4v) is 1.75. The molecule has 1 N–H and O–H groups in total. The Labute approximate surface area is 111 Å². The third-order valence-corrected chi connectivity index (χ3v) is 3.13. The highest BCUT2D eigenvalue weighted by Crippen LogP contribution is 2.14. The van der Waals surface area contributed by atoms with E-state index in [1.807, 2.05) is 0 Å². The predicted molar refractivity (Wildman–Crippen MR) is 63.6 cm³/mol. The molecule has 0 aliphatic carbocycles. The summed E-state index contributed by atoms with van der Waals surface area (Å²) >= 11 is 11.3. The summed E-state index contributed by atoms with van der Waals surface area (Å²) < 4.78 is 0.863. The third-order valence-electron chi connectivity index (χ3n) is 2.39. The maximum atomic E-state index is 11.8. The summed E-state index contributed by atoms with van der Waals surface area (Å²) in [5.74, 6) is -0.530. The summed E-state index contributed by atoms with van der Waals surface area (Å²) in [6, 6.07) is -0.479. The van der Waals surface area contributed by atoms with Gasteiger partial charge in [-0.05, 0) is 0 Å². The quantitative estimate of drug-likeness (QED) is 0.837. The van der Waals surface area contributed by atoms with Gasteiger partial charge in [-0.25, -0.2) is 9.48 Å². The second kappa shape index (κ2) is 4.95. The molecule has 7 nitrogen and oxygen atoms in total. The standard InChI is InChI=1S/C9H8Cl2N4O3/c10-5-3-13-15(8(17)7(5)11)4-6(16)14-2-1-12-9(14)18/h3H,1-2,4H2,(H,12,18). The number of hydrogen-bond acceptors (Lipinski definition) is 4. The summed E-state index contributed by atoms with van der Waals surface area (Å²) in [6.07, 6.45) is 1.17. The minimum absolute atomic E-state index is 0.0179. The molecule has 0 aromatic carbocycles. The number of halogens is 2. The van der Waals surface area contributed by atoms with Crippen LogP contribution in [0.25, 0.3) is 0 Å². The summed E-state index contributed by atoms with van der Waals surface area (Å²) in [7, 11) is 0. The fraction of sp³-hybridized carbons (Fsp3) is 0.333. The van der Waals surface area contributed by atoms with Crippen LogP contribution in [-0.2, 0) is 11.3 Å². The molecule has 0 saturated carbocycles. The zero-order chi connectivity index (χ0) is 13.3. The molecule has 1 aromatic rings. The predicted octanol–water partition coefficient (Wildman–Crippen LogP) is 0.102. The van der Waals surface area contributed by atoms with E-state index >= 15 is 0 Å². The molecule has 2 heterocycles. The molecule has 0 bridgehead atoms. The highest BCUT2D eigenvalue weighted by molar-refractivity contribution is 6.41. The van der Waals surface area contributed by atoms with Crippen molar-refractivity contribution in [1.29, 1.82) is 0 Å². The van der Waals surface area contributed by atoms with Gasteiger partial charge >= 0.3 is 6.03 Å². The molecule has 1 fully saturated rings. The lowest BCUT2D eigenvalue weighted by atomic mass is 10.5. The number of nitrogens with one attached hydrogen (secondary N) is 1. The van der Waals surface area contributed by atoms with Crippen molar-refractivity contribution in [3.05, 3.63) is 26.6 Å². The Bertz CT molecular complexity index is 571. The van der Waals surface area contributed by atoms with Gasteiger partial charge in [0.05, 0.1) is 11.2 Å². The second-order valence-electron chi connectivity index (χ2n) is 3.55. The summed E-state index contributed by atoms with van der Waals surface area (Å²) in [4.78, 5) is 35.7. The van der Waals surface area contributed by atoms with Gasteiger partial charge in [-0.3, -0.25) is 14.5 Å². The first kappa shape index (κ1) is 12.8. The van der Waals surface area contributed by atoms with E-state index in [0.29, 0.717) is 6.54 Å². The monoisotopic (exact) mass is 290 g/mol. The van der Waals surface area contributed by atoms with E-state index in [1.165, 1.54) is 6.20 Å². The van der Waals surface area contributed by atoms with Gasteiger partial charge in [0.1, 0.15) is 11.6 Å². The lowest BCUT2D eigenvalue weighted by molar-refractivity contribution is -0.128. The molecule has 0 atom stereocenters. The van der Waals surface area contributed by atoms with Crippen molar-refractivity contribution in [1.82, 2.24) is 20.0 Å². The van der Waals surface area contributed by atoms with E-state index in [9.17, 15) is 14.4 Å². The lowest BCUT2D eigenvalue weighted by Crippen LogP contribution is -2.39. The Morgan fingerprint density at radius 3 is 2.78 bits per heavy atom. The maximum absolute atomic E-state index is 11.8. The van der Waals surface area contributed by atoms with Crippen LogP contribution in [0.2, 0.25) is 10.0 Å². The Hall–Kier alpha value is -1.60. The van der Waals surface area contributed by atoms with Gasteiger partial charge in [-0.15, -0.1) is 0 Å². The van der Waals surface area contributed by atoms with Gasteiger partial charge in [0.15, 0.2) is 0 Å². The molecule has 1 aromatic heterocycles. The van der Waals surface area contributed by atoms with E-state index in [2.05, 4.69) is 10.4 Å². The number of carbonyl (C=O) groups is 2. The van der Waals surface area contributed by atoms with E-state index in [0.717, 1.165) is 9.58 Å². The third kappa shape index (κ3) is 2.32. The van der Waals surface area contributed by atoms with Gasteiger partial charge < -0.3 is 5.32 Å². The zero-order valence-corrected chi connectivity index (χ0v) is 10.5. The van der Waals surface area contributed by atoms with E-state index in [4.69, 9.17) is 23.2 Å². The SMILES string of the molecule is O=C(Cn1ncc(Cl)c(Cl)c1=O)N1CCNC1=O. The molecule has 1 saturated heterocycles. The summed E-state index contributed by atoms with van der Waals surface area (Å²) in [5.41, 5.74) is -0.669. The molecule has 0 unspecified atom stereocenters. The van der Waals surface area contributed by atoms with Gasteiger partial charge in [0, 0.05) is 13.1 Å². The first-order valence-corrected chi connectivity index (χ1v) is 5.75. The smallest absolute Gasteiger partial charge is 0.324 e. The molecule has 1 aliphatic rings. The Morgan fingerprint density at radius 1 is 1.44 bits per heavy atom. The molecule has 2 rings (SSSR count). The largest absolute Gasteiger partial charge is 0.336 e. The molecule has 3 amide bonds. The van der Waals surface area contributed by atoms with Crippen molar-refractivity contribution in [3.63, 3.8) is 0 Å². The van der Waals surface area contributed by atoms with Crippen LogP contribution in [0.5, 0.6) is 0 Å². The van der Waals surface area contributed by atoms with E-state index < -0.39 is 17.5 Å². The van der Waals surface area contributed by atoms with Crippen molar-refractivity contribution in [2.75, 3.05) is 13.1 Å². The molecule has 1 aliphatic heterocycles. The highest BCUT2D eigenvalue weighted by atomic mass is 35.5. The maximum Gasteiger partial charge on any atom is 0.324 e. The molecular formula is C9H8Cl2N4O3. The van der Waals surface area contributed by atoms with Crippen LogP contribution < -0.4 is 10.9 Å². The number of carbonyl (C=O) groups excluding carboxylic acids is 2. The van der Waals surface area contributed by atoms with Crippen molar-refractivity contribution < 1.29 is 9.59 Å². The van der Waals surface area contributed by atoms with Crippen molar-refractivity contribution in [2.24, 2.45) is 0 Å². The number of nitrogens with zero attached hydrogens (tertiary/aromatic N) is 3. The van der Waals surface area contributed by atoms with Crippen LogP contribution in [0.1, 0.15) is 0 Å². The van der Waals surface area contributed by atoms with Crippen LogP contribution in [0.4, 0.5) is 4.79 Å². The van der Waals surface area contributed by atoms with Crippen molar-refractivity contribution in [3.8, 4) is 0 Å². The fourth-order valence-electron chi connectivity index (χ4n) is 1.48. The van der Waals surface area contributed by atoms with Gasteiger partial charge in [0.25, 0.3) is 11.5 Å². The lowest BCUT2D eigenvalue weighted by Gasteiger charge is -2.12. The molecule has 18 heavy (non-hydrogen) atoms. The Balaban J connectivity index is 2.20. The number of hydrogen-bond donors (Lipinski definition) is 1. The van der Waals surface area contributed by atoms with Gasteiger partial charge in [0.2, 0.25) is 0 Å². The minimum Gasteiger partial charge on any atom is -0.336 e. The van der Waals surface area contributed by atoms with E-state index in [-0.39, 0.29) is 23.1 Å². The zero-order valence-electron chi connectivity index (χ0n) is 9.02. The topological polar surface area (TPSA) is 84.3 Å². The summed E-state index contributed by atoms with van der Waals surface area (Å²) in [6.45, 7) is 0.311. The molecular weight excluding hydrogens is 283 g/mol. The van der Waals surface area contributed by atoms with Crippen molar-refractivity contribution in [2.45, 2.75) is 6.54 Å². The van der Waals surface area contributed by atoms with Crippen LogP contribution in [0.3, 0.4) is 0 Å². The van der Waals surface area contributed by atoms with Crippen LogP contribution in [-0.4, -0.2) is 39.7 Å². The molecule has 0 spiro atoms. The Kier molecular flexibility index (Phi) is 3.53. The van der Waals surface area contributed by atoms with E-state index in [1.54, 1.807) is 0 Å². The van der Waals surface area contributed by atoms with Crippen LogP contribution >= 0.6 is 23.2 Å². The van der Waals surface area contributed by atoms with Crippen LogP contribution in [0.15, 0.2) is 11.0 Å². The molecule has 0 radical (unpaired) electrons. The average molecular weight is 291 g/mol.